The quantitative estimate of drug-likeness (QED) is 0.814. The fourth-order valence-corrected chi connectivity index (χ4v) is 1.50. The average molecular weight is 238 g/mol. The molecule has 0 fully saturated rings. The summed E-state index contributed by atoms with van der Waals surface area (Å²) in [4.78, 5) is 4.32. The summed E-state index contributed by atoms with van der Waals surface area (Å²) >= 11 is 6.52. The minimum atomic E-state index is 0.536. The third-order valence-corrected chi connectivity index (χ3v) is 3.07. The lowest BCUT2D eigenvalue weighted by molar-refractivity contribution is 0.523. The van der Waals surface area contributed by atoms with E-state index in [1.165, 1.54) is 11.8 Å². The van der Waals surface area contributed by atoms with Gasteiger partial charge in [0, 0.05) is 0 Å². The molecule has 0 radical (unpaired) electrons. The number of rotatable bonds is 2. The van der Waals surface area contributed by atoms with E-state index in [1.807, 2.05) is 30.5 Å². The van der Waals surface area contributed by atoms with Gasteiger partial charge in [0.15, 0.2) is 5.58 Å². The maximum Gasteiger partial charge on any atom is 0.214 e. The normalized spacial score (nSPS) is 10.5. The smallest absolute Gasteiger partial charge is 0.214 e. The van der Waals surface area contributed by atoms with Crippen LogP contribution in [-0.2, 0) is 6.54 Å². The van der Waals surface area contributed by atoms with Gasteiger partial charge in [-0.05, 0) is 18.4 Å². The minimum absolute atomic E-state index is 0.536. The number of nitrogens with zero attached hydrogens (tertiary/aromatic N) is 1. The Labute approximate surface area is 97.3 Å². The molecule has 78 valence electrons. The molecule has 0 aliphatic rings. The highest BCUT2D eigenvalue weighted by Crippen LogP contribution is 2.14. The van der Waals surface area contributed by atoms with E-state index in [9.17, 15) is 0 Å². The van der Waals surface area contributed by atoms with Gasteiger partial charge in [0.25, 0.3) is 0 Å². The van der Waals surface area contributed by atoms with Gasteiger partial charge in [0.1, 0.15) is 9.84 Å². The number of thiocarbonyl (C=S) groups is 1. The van der Waals surface area contributed by atoms with Crippen LogP contribution in [0.4, 0.5) is 0 Å². The highest BCUT2D eigenvalue weighted by atomic mass is 32.2. The van der Waals surface area contributed by atoms with E-state index >= 15 is 0 Å². The van der Waals surface area contributed by atoms with Gasteiger partial charge in [-0.25, -0.2) is 4.98 Å². The summed E-state index contributed by atoms with van der Waals surface area (Å²) in [5.41, 5.74) is 1.69. The zero-order valence-corrected chi connectivity index (χ0v) is 9.82. The Balaban J connectivity index is 2.12. The van der Waals surface area contributed by atoms with Crippen LogP contribution in [0.15, 0.2) is 28.7 Å². The molecule has 1 heterocycles. The van der Waals surface area contributed by atoms with E-state index in [2.05, 4.69) is 10.3 Å². The predicted octanol–water partition coefficient (Wildman–Crippen LogP) is 2.57. The van der Waals surface area contributed by atoms with Gasteiger partial charge in [-0.2, -0.15) is 0 Å². The van der Waals surface area contributed by atoms with Crippen molar-refractivity contribution >= 4 is 39.4 Å². The highest BCUT2D eigenvalue weighted by Gasteiger charge is 2.04. The number of aromatic nitrogens is 1. The Morgan fingerprint density at radius 3 is 3.07 bits per heavy atom. The molecule has 2 aromatic rings. The first-order valence-electron chi connectivity index (χ1n) is 4.46. The number of nitrogens with one attached hydrogen (secondary N) is 1. The van der Waals surface area contributed by atoms with Crippen LogP contribution in [0.5, 0.6) is 0 Å². The molecule has 0 bridgehead atoms. The second-order valence-corrected chi connectivity index (χ2v) is 4.40. The van der Waals surface area contributed by atoms with Crippen molar-refractivity contribution in [1.82, 2.24) is 10.3 Å². The monoisotopic (exact) mass is 238 g/mol. The maximum absolute atomic E-state index is 5.52. The largest absolute Gasteiger partial charge is 0.439 e. The summed E-state index contributed by atoms with van der Waals surface area (Å²) in [7, 11) is 0. The van der Waals surface area contributed by atoms with Crippen molar-refractivity contribution in [1.29, 1.82) is 0 Å². The fraction of sp³-hybridized carbons (Fsp3) is 0.200. The molecular formula is C10H10N2OS2. The van der Waals surface area contributed by atoms with Gasteiger partial charge >= 0.3 is 0 Å². The van der Waals surface area contributed by atoms with Crippen molar-refractivity contribution < 1.29 is 4.42 Å². The molecule has 0 aliphatic carbocycles. The van der Waals surface area contributed by atoms with Crippen LogP contribution in [0, 0.1) is 0 Å². The molecule has 1 aromatic heterocycles. The number of fused-ring (bicyclic) bond motifs is 1. The van der Waals surface area contributed by atoms with E-state index in [0.29, 0.717) is 12.4 Å². The third-order valence-electron chi connectivity index (χ3n) is 1.91. The van der Waals surface area contributed by atoms with E-state index < -0.39 is 0 Å². The number of oxazole rings is 1. The van der Waals surface area contributed by atoms with Crippen LogP contribution in [-0.4, -0.2) is 15.6 Å². The first-order chi connectivity index (χ1) is 7.29. The molecule has 5 heteroatoms. The summed E-state index contributed by atoms with van der Waals surface area (Å²) < 4.78 is 6.27. The topological polar surface area (TPSA) is 38.1 Å². The molecule has 0 amide bonds. The van der Waals surface area contributed by atoms with Crippen LogP contribution >= 0.6 is 24.0 Å². The summed E-state index contributed by atoms with van der Waals surface area (Å²) in [6, 6.07) is 7.69. The SMILES string of the molecule is CSC(=S)NCc1nc2ccccc2o1. The van der Waals surface area contributed by atoms with Gasteiger partial charge in [-0.1, -0.05) is 24.4 Å². The molecule has 1 N–H and O–H groups in total. The van der Waals surface area contributed by atoms with Crippen molar-refractivity contribution in [3.05, 3.63) is 30.2 Å². The minimum Gasteiger partial charge on any atom is -0.439 e. The zero-order valence-electron chi connectivity index (χ0n) is 8.19. The van der Waals surface area contributed by atoms with Gasteiger partial charge in [-0.3, -0.25) is 0 Å². The van der Waals surface area contributed by atoms with Crippen LogP contribution in [0.3, 0.4) is 0 Å². The number of hydrogen-bond donors (Lipinski definition) is 1. The molecule has 0 spiro atoms. The Kier molecular flexibility index (Phi) is 3.23. The fourth-order valence-electron chi connectivity index (χ4n) is 1.22. The van der Waals surface area contributed by atoms with Crippen LogP contribution in [0.25, 0.3) is 11.1 Å². The van der Waals surface area contributed by atoms with Crippen molar-refractivity contribution in [3.63, 3.8) is 0 Å². The average Bonchev–Trinajstić information content (AvgIpc) is 2.68. The van der Waals surface area contributed by atoms with Gasteiger partial charge in [0.2, 0.25) is 5.89 Å². The Morgan fingerprint density at radius 2 is 2.33 bits per heavy atom. The van der Waals surface area contributed by atoms with Crippen LogP contribution in [0.2, 0.25) is 0 Å². The third kappa shape index (κ3) is 2.49. The summed E-state index contributed by atoms with van der Waals surface area (Å²) in [5.74, 6) is 0.660. The number of hydrogen-bond acceptors (Lipinski definition) is 4. The van der Waals surface area contributed by atoms with Gasteiger partial charge in [-0.15, -0.1) is 11.8 Å². The first kappa shape index (κ1) is 10.4. The van der Waals surface area contributed by atoms with Crippen LogP contribution < -0.4 is 5.32 Å². The second-order valence-electron chi connectivity index (χ2n) is 2.92. The number of thioether (sulfide) groups is 1. The predicted molar refractivity (Wildman–Crippen MR) is 67.0 cm³/mol. The molecule has 1 aromatic carbocycles. The van der Waals surface area contributed by atoms with E-state index in [0.717, 1.165) is 15.4 Å². The Bertz CT molecular complexity index is 448. The molecule has 3 nitrogen and oxygen atoms in total. The molecule has 0 saturated carbocycles. The molecule has 0 saturated heterocycles. The standard InChI is InChI=1S/C10H10N2OS2/c1-15-10(14)11-6-9-12-7-4-2-3-5-8(7)13-9/h2-5H,6H2,1H3,(H,11,14). The zero-order chi connectivity index (χ0) is 10.7. The Morgan fingerprint density at radius 1 is 1.53 bits per heavy atom. The molecule has 2 rings (SSSR count). The molecule has 0 unspecified atom stereocenters. The maximum atomic E-state index is 5.52. The van der Waals surface area contributed by atoms with Crippen molar-refractivity contribution in [2.45, 2.75) is 6.54 Å². The molecular weight excluding hydrogens is 228 g/mol. The highest BCUT2D eigenvalue weighted by molar-refractivity contribution is 8.22. The summed E-state index contributed by atoms with van der Waals surface area (Å²) in [5, 5.41) is 3.05. The lowest BCUT2D eigenvalue weighted by Gasteiger charge is -2.00. The van der Waals surface area contributed by atoms with Crippen LogP contribution in [0.1, 0.15) is 5.89 Å². The van der Waals surface area contributed by atoms with Crippen molar-refractivity contribution in [2.75, 3.05) is 6.26 Å². The second kappa shape index (κ2) is 4.63. The van der Waals surface area contributed by atoms with Gasteiger partial charge in [0.05, 0.1) is 6.54 Å². The van der Waals surface area contributed by atoms with Crippen molar-refractivity contribution in [2.24, 2.45) is 0 Å². The first-order valence-corrected chi connectivity index (χ1v) is 6.09. The molecule has 0 aliphatic heterocycles. The lowest BCUT2D eigenvalue weighted by atomic mass is 10.3. The van der Waals surface area contributed by atoms with Gasteiger partial charge < -0.3 is 9.73 Å². The van der Waals surface area contributed by atoms with E-state index in [-0.39, 0.29) is 0 Å². The number of para-hydroxylation sites is 2. The molecule has 15 heavy (non-hydrogen) atoms. The number of benzene rings is 1. The summed E-state index contributed by atoms with van der Waals surface area (Å²) in [6.07, 6.45) is 1.93. The summed E-state index contributed by atoms with van der Waals surface area (Å²) in [6.45, 7) is 0.536. The van der Waals surface area contributed by atoms with Crippen molar-refractivity contribution in [3.8, 4) is 0 Å². The van der Waals surface area contributed by atoms with E-state index in [1.54, 1.807) is 0 Å². The Hall–Kier alpha value is -1.07. The molecule has 0 atom stereocenters. The lowest BCUT2D eigenvalue weighted by Crippen LogP contribution is -2.17. The van der Waals surface area contributed by atoms with E-state index in [4.69, 9.17) is 16.6 Å².